The summed E-state index contributed by atoms with van der Waals surface area (Å²) >= 11 is 0. The molecule has 0 aromatic rings. The van der Waals surface area contributed by atoms with Crippen molar-refractivity contribution in [3.63, 3.8) is 0 Å². The fourth-order valence-corrected chi connectivity index (χ4v) is 6.14. The van der Waals surface area contributed by atoms with E-state index < -0.39 is 26.5 Å². The van der Waals surface area contributed by atoms with Crippen LogP contribution in [0.2, 0.25) is 0 Å². The van der Waals surface area contributed by atoms with Crippen LogP contribution in [0.15, 0.2) is 24.3 Å². The van der Waals surface area contributed by atoms with Crippen molar-refractivity contribution < 1.29 is 42.1 Å². The van der Waals surface area contributed by atoms with E-state index in [1.54, 1.807) is 0 Å². The lowest BCUT2D eigenvalue weighted by atomic mass is 10.1. The highest BCUT2D eigenvalue weighted by Gasteiger charge is 2.27. The van der Waals surface area contributed by atoms with Gasteiger partial charge in [-0.3, -0.25) is 18.6 Å². The summed E-state index contributed by atoms with van der Waals surface area (Å²) in [6, 6.07) is 0. The van der Waals surface area contributed by atoms with E-state index in [-0.39, 0.29) is 32.0 Å². The van der Waals surface area contributed by atoms with Gasteiger partial charge < -0.3 is 18.9 Å². The third kappa shape index (κ3) is 38.0. The number of phosphoric ester groups is 1. The van der Waals surface area contributed by atoms with Crippen LogP contribution in [0.4, 0.5) is 0 Å². The fourth-order valence-electron chi connectivity index (χ4n) is 5.40. The molecule has 0 radical (unpaired) electrons. The molecule has 0 bridgehead atoms. The lowest BCUT2D eigenvalue weighted by Crippen LogP contribution is -2.37. The highest BCUT2D eigenvalue weighted by atomic mass is 31.2. The summed E-state index contributed by atoms with van der Waals surface area (Å²) in [6.07, 6.45) is 35.1. The molecule has 10 heteroatoms. The second-order valence-corrected chi connectivity index (χ2v) is 16.5. The Morgan fingerprint density at radius 1 is 0.588 bits per heavy atom. The van der Waals surface area contributed by atoms with Gasteiger partial charge in [-0.25, -0.2) is 4.57 Å². The summed E-state index contributed by atoms with van der Waals surface area (Å²) in [4.78, 5) is 35.2. The molecule has 0 rings (SSSR count). The van der Waals surface area contributed by atoms with Crippen molar-refractivity contribution in [2.24, 2.45) is 0 Å². The molecule has 0 spiro atoms. The van der Waals surface area contributed by atoms with E-state index in [1.165, 1.54) is 64.2 Å². The number of hydrogen-bond donors (Lipinski definition) is 1. The van der Waals surface area contributed by atoms with Gasteiger partial charge in [0.1, 0.15) is 19.8 Å². The molecule has 0 aliphatic heterocycles. The average molecular weight is 745 g/mol. The van der Waals surface area contributed by atoms with Crippen molar-refractivity contribution in [1.82, 2.24) is 0 Å². The molecule has 1 N–H and O–H groups in total. The first-order valence-electron chi connectivity index (χ1n) is 20.6. The molecule has 51 heavy (non-hydrogen) atoms. The monoisotopic (exact) mass is 745 g/mol. The molecule has 0 heterocycles. The van der Waals surface area contributed by atoms with E-state index in [0.29, 0.717) is 17.4 Å². The predicted octanol–water partition coefficient (Wildman–Crippen LogP) is 11.2. The number of likely N-dealkylation sites (N-methyl/N-ethyl adjacent to an activating group) is 1. The summed E-state index contributed by atoms with van der Waals surface area (Å²) in [6.45, 7) is 4.35. The van der Waals surface area contributed by atoms with E-state index in [2.05, 4.69) is 38.2 Å². The van der Waals surface area contributed by atoms with Gasteiger partial charge in [0.25, 0.3) is 0 Å². The van der Waals surface area contributed by atoms with E-state index in [1.807, 2.05) is 21.1 Å². The number of ether oxygens (including phenoxy) is 2. The highest BCUT2D eigenvalue weighted by molar-refractivity contribution is 7.47. The molecule has 0 saturated carbocycles. The Balaban J connectivity index is 4.39. The van der Waals surface area contributed by atoms with Crippen LogP contribution in [0.5, 0.6) is 0 Å². The summed E-state index contributed by atoms with van der Waals surface area (Å²) in [5.41, 5.74) is 0. The number of unbranched alkanes of at least 4 members (excludes halogenated alkanes) is 19. The quantitative estimate of drug-likeness (QED) is 0.0220. The molecule has 300 valence electrons. The van der Waals surface area contributed by atoms with E-state index >= 15 is 0 Å². The lowest BCUT2D eigenvalue weighted by Gasteiger charge is -2.24. The number of carbonyl (C=O) groups is 2. The van der Waals surface area contributed by atoms with Crippen molar-refractivity contribution in [3.8, 4) is 0 Å². The summed E-state index contributed by atoms with van der Waals surface area (Å²) < 4.78 is 34.2. The molecular formula is C41H79NO8P+. The minimum atomic E-state index is -4.37. The lowest BCUT2D eigenvalue weighted by molar-refractivity contribution is -0.870. The van der Waals surface area contributed by atoms with Gasteiger partial charge >= 0.3 is 19.8 Å². The van der Waals surface area contributed by atoms with Crippen LogP contribution in [0.3, 0.4) is 0 Å². The number of esters is 2. The Morgan fingerprint density at radius 2 is 1.02 bits per heavy atom. The molecular weight excluding hydrogens is 665 g/mol. The number of phosphoric acid groups is 1. The maximum Gasteiger partial charge on any atom is 0.472 e. The molecule has 0 amide bonds. The molecule has 0 aromatic carbocycles. The second kappa shape index (κ2) is 34.3. The van der Waals surface area contributed by atoms with Gasteiger partial charge in [-0.15, -0.1) is 0 Å². The van der Waals surface area contributed by atoms with Crippen LogP contribution in [-0.2, 0) is 32.7 Å². The molecule has 1 unspecified atom stereocenters. The highest BCUT2D eigenvalue weighted by Crippen LogP contribution is 2.43. The number of carbonyl (C=O) groups excluding carboxylic acids is 2. The van der Waals surface area contributed by atoms with Crippen molar-refractivity contribution in [2.75, 3.05) is 47.5 Å². The van der Waals surface area contributed by atoms with Crippen molar-refractivity contribution in [2.45, 2.75) is 180 Å². The first kappa shape index (κ1) is 49.5. The number of rotatable bonds is 37. The smallest absolute Gasteiger partial charge is 0.462 e. The van der Waals surface area contributed by atoms with E-state index in [4.69, 9.17) is 18.5 Å². The van der Waals surface area contributed by atoms with Gasteiger partial charge in [0.15, 0.2) is 6.10 Å². The second-order valence-electron chi connectivity index (χ2n) is 15.0. The van der Waals surface area contributed by atoms with Gasteiger partial charge in [0.2, 0.25) is 0 Å². The largest absolute Gasteiger partial charge is 0.472 e. The van der Waals surface area contributed by atoms with Crippen molar-refractivity contribution in [3.05, 3.63) is 24.3 Å². The first-order chi connectivity index (χ1) is 24.5. The summed E-state index contributed by atoms with van der Waals surface area (Å²) in [5, 5.41) is 0. The maximum atomic E-state index is 12.6. The first-order valence-corrected chi connectivity index (χ1v) is 22.1. The fraction of sp³-hybridized carbons (Fsp3) is 0.854. The minimum Gasteiger partial charge on any atom is -0.462 e. The Kier molecular flexibility index (Phi) is 33.3. The molecule has 0 fully saturated rings. The van der Waals surface area contributed by atoms with E-state index in [0.717, 1.165) is 77.0 Å². The maximum absolute atomic E-state index is 12.6. The Hall–Kier alpha value is -1.51. The van der Waals surface area contributed by atoms with Crippen LogP contribution >= 0.6 is 7.82 Å². The molecule has 0 aliphatic carbocycles. The third-order valence-corrected chi connectivity index (χ3v) is 9.69. The van der Waals surface area contributed by atoms with Gasteiger partial charge in [-0.05, 0) is 57.8 Å². The normalized spacial score (nSPS) is 13.9. The standard InChI is InChI=1S/C41H78NO8P/c1-6-8-10-12-14-16-18-19-20-21-22-24-25-27-29-31-33-40(43)47-37-39(38-49-51(45,46)48-36-35-42(3,4)5)50-41(44)34-32-30-28-26-23-17-15-13-11-9-7-2/h13,15,20-21,39H,6-12,14,16-19,22-38H2,1-5H3/p+1/b15-13-,21-20-/t39-/m1/s1. The van der Waals surface area contributed by atoms with Gasteiger partial charge in [-0.1, -0.05) is 128 Å². The van der Waals surface area contributed by atoms with Crippen LogP contribution in [0, 0.1) is 0 Å². The van der Waals surface area contributed by atoms with Crippen molar-refractivity contribution in [1.29, 1.82) is 0 Å². The average Bonchev–Trinajstić information content (AvgIpc) is 3.07. The van der Waals surface area contributed by atoms with Crippen LogP contribution in [-0.4, -0.2) is 74.9 Å². The summed E-state index contributed by atoms with van der Waals surface area (Å²) in [7, 11) is 1.47. The number of allylic oxidation sites excluding steroid dienone is 4. The SMILES string of the molecule is CCCC/C=C\CCCCCCCC(=O)O[C@H](COC(=O)CCCCCCC/C=C\CCCCCCCCC)COP(=O)(O)OCC[N+](C)(C)C. The van der Waals surface area contributed by atoms with Gasteiger partial charge in [0.05, 0.1) is 27.7 Å². The van der Waals surface area contributed by atoms with E-state index in [9.17, 15) is 19.0 Å². The third-order valence-electron chi connectivity index (χ3n) is 8.70. The zero-order valence-corrected chi connectivity index (χ0v) is 34.5. The summed E-state index contributed by atoms with van der Waals surface area (Å²) in [5.74, 6) is -0.819. The molecule has 0 aliphatic rings. The Bertz CT molecular complexity index is 933. The number of nitrogens with zero attached hydrogens (tertiary/aromatic N) is 1. The predicted molar refractivity (Wildman–Crippen MR) is 211 cm³/mol. The molecule has 2 atom stereocenters. The zero-order chi connectivity index (χ0) is 37.9. The van der Waals surface area contributed by atoms with Crippen LogP contribution < -0.4 is 0 Å². The minimum absolute atomic E-state index is 0.0296. The molecule has 9 nitrogen and oxygen atoms in total. The molecule has 0 aromatic heterocycles. The van der Waals surface area contributed by atoms with Crippen LogP contribution in [0.25, 0.3) is 0 Å². The van der Waals surface area contributed by atoms with Gasteiger partial charge in [-0.2, -0.15) is 0 Å². The number of hydrogen-bond acceptors (Lipinski definition) is 7. The zero-order valence-electron chi connectivity index (χ0n) is 33.6. The van der Waals surface area contributed by atoms with Crippen LogP contribution in [0.1, 0.15) is 174 Å². The Morgan fingerprint density at radius 3 is 1.51 bits per heavy atom. The van der Waals surface area contributed by atoms with Crippen molar-refractivity contribution >= 4 is 19.8 Å². The van der Waals surface area contributed by atoms with Gasteiger partial charge in [0, 0.05) is 12.8 Å². The molecule has 0 saturated heterocycles. The number of quaternary nitrogens is 1. The topological polar surface area (TPSA) is 108 Å². The Labute approximate surface area is 313 Å².